The number of aryl methyl sites for hydroxylation is 1. The van der Waals surface area contributed by atoms with Gasteiger partial charge in [0.2, 0.25) is 0 Å². The Labute approximate surface area is 123 Å². The van der Waals surface area contributed by atoms with Crippen molar-refractivity contribution in [1.29, 1.82) is 0 Å². The summed E-state index contributed by atoms with van der Waals surface area (Å²) in [4.78, 5) is 0. The highest BCUT2D eigenvalue weighted by Gasteiger charge is 2.21. The van der Waals surface area contributed by atoms with Gasteiger partial charge in [-0.25, -0.2) is 0 Å². The van der Waals surface area contributed by atoms with E-state index >= 15 is 0 Å². The predicted octanol–water partition coefficient (Wildman–Crippen LogP) is 4.40. The largest absolute Gasteiger partial charge is 0.492 e. The van der Waals surface area contributed by atoms with Gasteiger partial charge >= 0.3 is 0 Å². The van der Waals surface area contributed by atoms with Crippen LogP contribution >= 0.6 is 0 Å². The van der Waals surface area contributed by atoms with Crippen LogP contribution in [0.3, 0.4) is 0 Å². The molecule has 1 saturated carbocycles. The summed E-state index contributed by atoms with van der Waals surface area (Å²) in [7, 11) is 0. The second-order valence-corrected chi connectivity index (χ2v) is 6.57. The van der Waals surface area contributed by atoms with E-state index in [1.807, 2.05) is 0 Å². The van der Waals surface area contributed by atoms with Crippen LogP contribution in [0.4, 0.5) is 0 Å². The normalized spacial score (nSPS) is 18.2. The van der Waals surface area contributed by atoms with Crippen LogP contribution in [0.2, 0.25) is 0 Å². The van der Waals surface area contributed by atoms with Crippen LogP contribution < -0.4 is 10.5 Å². The molecule has 0 heterocycles. The Kier molecular flexibility index (Phi) is 5.47. The van der Waals surface area contributed by atoms with Crippen LogP contribution in [0, 0.1) is 12.8 Å². The molecule has 0 saturated heterocycles. The monoisotopic (exact) mass is 275 g/mol. The SMILES string of the molecule is Cc1ccc(C(C)C)c(OCC(N)C2CCCCC2)c1. The molecular weight excluding hydrogens is 246 g/mol. The van der Waals surface area contributed by atoms with E-state index in [1.165, 1.54) is 43.2 Å². The standard InChI is InChI=1S/C18H29NO/c1-13(2)16-10-9-14(3)11-18(16)20-12-17(19)15-7-5-4-6-8-15/h9-11,13,15,17H,4-8,12,19H2,1-3H3. The van der Waals surface area contributed by atoms with Crippen molar-refractivity contribution < 1.29 is 4.74 Å². The van der Waals surface area contributed by atoms with Crippen molar-refractivity contribution in [3.05, 3.63) is 29.3 Å². The highest BCUT2D eigenvalue weighted by atomic mass is 16.5. The molecule has 1 aliphatic carbocycles. The molecule has 20 heavy (non-hydrogen) atoms. The molecule has 2 heteroatoms. The Balaban J connectivity index is 1.97. The zero-order valence-corrected chi connectivity index (χ0v) is 13.2. The van der Waals surface area contributed by atoms with E-state index in [1.54, 1.807) is 0 Å². The van der Waals surface area contributed by atoms with E-state index in [4.69, 9.17) is 10.5 Å². The zero-order chi connectivity index (χ0) is 14.5. The van der Waals surface area contributed by atoms with Gasteiger partial charge in [-0.05, 0) is 48.8 Å². The van der Waals surface area contributed by atoms with E-state index in [-0.39, 0.29) is 6.04 Å². The van der Waals surface area contributed by atoms with Gasteiger partial charge < -0.3 is 10.5 Å². The molecule has 0 amide bonds. The highest BCUT2D eigenvalue weighted by molar-refractivity contribution is 5.39. The summed E-state index contributed by atoms with van der Waals surface area (Å²) in [5.74, 6) is 2.15. The maximum absolute atomic E-state index is 6.34. The first kappa shape index (κ1) is 15.4. The number of benzene rings is 1. The predicted molar refractivity (Wildman–Crippen MR) is 85.3 cm³/mol. The van der Waals surface area contributed by atoms with Crippen LogP contribution in [0.1, 0.15) is 63.0 Å². The lowest BCUT2D eigenvalue weighted by molar-refractivity contribution is 0.212. The second-order valence-electron chi connectivity index (χ2n) is 6.57. The Morgan fingerprint density at radius 2 is 1.90 bits per heavy atom. The molecule has 0 aliphatic heterocycles. The molecule has 2 rings (SSSR count). The topological polar surface area (TPSA) is 35.2 Å². The van der Waals surface area contributed by atoms with Gasteiger partial charge in [-0.3, -0.25) is 0 Å². The lowest BCUT2D eigenvalue weighted by atomic mass is 9.84. The van der Waals surface area contributed by atoms with E-state index in [9.17, 15) is 0 Å². The van der Waals surface area contributed by atoms with Crippen molar-refractivity contribution >= 4 is 0 Å². The molecule has 1 aromatic rings. The van der Waals surface area contributed by atoms with Crippen LogP contribution in [-0.4, -0.2) is 12.6 Å². The van der Waals surface area contributed by atoms with Gasteiger partial charge in [0.05, 0.1) is 0 Å². The van der Waals surface area contributed by atoms with E-state index < -0.39 is 0 Å². The summed E-state index contributed by atoms with van der Waals surface area (Å²) in [6.07, 6.45) is 6.59. The van der Waals surface area contributed by atoms with Crippen LogP contribution in [0.5, 0.6) is 5.75 Å². The molecule has 0 spiro atoms. The number of rotatable bonds is 5. The van der Waals surface area contributed by atoms with E-state index in [0.717, 1.165) is 5.75 Å². The average Bonchev–Trinajstić information content (AvgIpc) is 2.45. The Morgan fingerprint density at radius 3 is 2.55 bits per heavy atom. The highest BCUT2D eigenvalue weighted by Crippen LogP contribution is 2.29. The Hall–Kier alpha value is -1.02. The molecule has 1 fully saturated rings. The maximum Gasteiger partial charge on any atom is 0.123 e. The third kappa shape index (κ3) is 3.99. The minimum Gasteiger partial charge on any atom is -0.492 e. The molecule has 1 atom stereocenters. The van der Waals surface area contributed by atoms with Crippen molar-refractivity contribution in [1.82, 2.24) is 0 Å². The summed E-state index contributed by atoms with van der Waals surface area (Å²) < 4.78 is 6.07. The average molecular weight is 275 g/mol. The fourth-order valence-corrected chi connectivity index (χ4v) is 3.13. The summed E-state index contributed by atoms with van der Waals surface area (Å²) in [5, 5.41) is 0. The molecular formula is C18H29NO. The van der Waals surface area contributed by atoms with Gasteiger partial charge in [0.1, 0.15) is 12.4 Å². The van der Waals surface area contributed by atoms with Gasteiger partial charge in [-0.1, -0.05) is 45.2 Å². The quantitative estimate of drug-likeness (QED) is 0.864. The number of hydrogen-bond donors (Lipinski definition) is 1. The summed E-state index contributed by atoms with van der Waals surface area (Å²) in [5.41, 5.74) is 8.87. The molecule has 0 bridgehead atoms. The lowest BCUT2D eigenvalue weighted by Crippen LogP contribution is -2.37. The van der Waals surface area contributed by atoms with Crippen LogP contribution in [-0.2, 0) is 0 Å². The van der Waals surface area contributed by atoms with Gasteiger partial charge in [-0.15, -0.1) is 0 Å². The summed E-state index contributed by atoms with van der Waals surface area (Å²) in [6, 6.07) is 6.66. The summed E-state index contributed by atoms with van der Waals surface area (Å²) in [6.45, 7) is 7.17. The zero-order valence-electron chi connectivity index (χ0n) is 13.2. The minimum absolute atomic E-state index is 0.177. The van der Waals surface area contributed by atoms with Gasteiger partial charge in [0.15, 0.2) is 0 Å². The van der Waals surface area contributed by atoms with Crippen molar-refractivity contribution in [3.8, 4) is 5.75 Å². The van der Waals surface area contributed by atoms with E-state index in [0.29, 0.717) is 18.4 Å². The number of hydrogen-bond acceptors (Lipinski definition) is 2. The second kappa shape index (κ2) is 7.12. The molecule has 2 nitrogen and oxygen atoms in total. The first-order valence-corrected chi connectivity index (χ1v) is 8.07. The molecule has 1 unspecified atom stereocenters. The van der Waals surface area contributed by atoms with Crippen molar-refractivity contribution in [2.75, 3.05) is 6.61 Å². The molecule has 112 valence electrons. The first-order chi connectivity index (χ1) is 9.58. The van der Waals surface area contributed by atoms with Gasteiger partial charge in [0, 0.05) is 6.04 Å². The minimum atomic E-state index is 0.177. The smallest absolute Gasteiger partial charge is 0.123 e. The molecule has 1 aliphatic rings. The molecule has 2 N–H and O–H groups in total. The molecule has 0 radical (unpaired) electrons. The van der Waals surface area contributed by atoms with Crippen molar-refractivity contribution in [2.45, 2.75) is 64.8 Å². The third-order valence-electron chi connectivity index (χ3n) is 4.48. The van der Waals surface area contributed by atoms with Crippen LogP contribution in [0.25, 0.3) is 0 Å². The lowest BCUT2D eigenvalue weighted by Gasteiger charge is -2.28. The van der Waals surface area contributed by atoms with Gasteiger partial charge in [-0.2, -0.15) is 0 Å². The Morgan fingerprint density at radius 1 is 1.20 bits per heavy atom. The maximum atomic E-state index is 6.34. The van der Waals surface area contributed by atoms with Gasteiger partial charge in [0.25, 0.3) is 0 Å². The molecule has 1 aromatic carbocycles. The van der Waals surface area contributed by atoms with Crippen LogP contribution in [0.15, 0.2) is 18.2 Å². The fraction of sp³-hybridized carbons (Fsp3) is 0.667. The van der Waals surface area contributed by atoms with E-state index in [2.05, 4.69) is 39.0 Å². The number of nitrogens with two attached hydrogens (primary N) is 1. The summed E-state index contributed by atoms with van der Waals surface area (Å²) >= 11 is 0. The third-order valence-corrected chi connectivity index (χ3v) is 4.48. The number of ether oxygens (including phenoxy) is 1. The van der Waals surface area contributed by atoms with Crippen molar-refractivity contribution in [3.63, 3.8) is 0 Å². The fourth-order valence-electron chi connectivity index (χ4n) is 3.13. The molecule has 0 aromatic heterocycles. The van der Waals surface area contributed by atoms with Crippen molar-refractivity contribution in [2.24, 2.45) is 11.7 Å². The first-order valence-electron chi connectivity index (χ1n) is 8.07. The Bertz CT molecular complexity index is 421.